The van der Waals surface area contributed by atoms with Crippen molar-refractivity contribution in [3.05, 3.63) is 18.7 Å². The van der Waals surface area contributed by atoms with E-state index in [1.54, 1.807) is 17.4 Å². The van der Waals surface area contributed by atoms with E-state index in [1.165, 1.54) is 0 Å². The van der Waals surface area contributed by atoms with E-state index in [4.69, 9.17) is 4.74 Å². The lowest BCUT2D eigenvalue weighted by Gasteiger charge is -2.19. The van der Waals surface area contributed by atoms with Crippen LogP contribution in [0.5, 0.6) is 0 Å². The lowest BCUT2D eigenvalue weighted by atomic mass is 10.3. The van der Waals surface area contributed by atoms with Crippen LogP contribution >= 0.6 is 0 Å². The summed E-state index contributed by atoms with van der Waals surface area (Å²) in [6.45, 7) is 3.87. The van der Waals surface area contributed by atoms with E-state index in [1.807, 2.05) is 17.7 Å². The Labute approximate surface area is 82.3 Å². The second kappa shape index (κ2) is 3.69. The Kier molecular flexibility index (Phi) is 2.39. The first-order chi connectivity index (χ1) is 6.81. The zero-order valence-corrected chi connectivity index (χ0v) is 8.09. The molecule has 5 nitrogen and oxygen atoms in total. The fraction of sp³-hybridized carbons (Fsp3) is 0.556. The van der Waals surface area contributed by atoms with Gasteiger partial charge in [0.1, 0.15) is 6.61 Å². The van der Waals surface area contributed by atoms with Gasteiger partial charge in [-0.3, -0.25) is 0 Å². The zero-order chi connectivity index (χ0) is 9.97. The van der Waals surface area contributed by atoms with Crippen molar-refractivity contribution in [3.8, 4) is 0 Å². The summed E-state index contributed by atoms with van der Waals surface area (Å²) in [4.78, 5) is 16.9. The van der Waals surface area contributed by atoms with Gasteiger partial charge in [0.25, 0.3) is 0 Å². The summed E-state index contributed by atoms with van der Waals surface area (Å²) in [5, 5.41) is 0. The van der Waals surface area contributed by atoms with Crippen LogP contribution in [0.3, 0.4) is 0 Å². The second-order valence-electron chi connectivity index (χ2n) is 3.28. The Morgan fingerprint density at radius 1 is 1.71 bits per heavy atom. The van der Waals surface area contributed by atoms with Gasteiger partial charge in [0.05, 0.1) is 12.4 Å². The van der Waals surface area contributed by atoms with E-state index in [2.05, 4.69) is 4.98 Å². The smallest absolute Gasteiger partial charge is 0.410 e. The van der Waals surface area contributed by atoms with Crippen LogP contribution in [0.4, 0.5) is 4.79 Å². The number of hydrogen-bond donors (Lipinski definition) is 0. The van der Waals surface area contributed by atoms with Crippen molar-refractivity contribution in [1.82, 2.24) is 14.5 Å². The third kappa shape index (κ3) is 1.57. The van der Waals surface area contributed by atoms with E-state index in [0.29, 0.717) is 13.2 Å². The topological polar surface area (TPSA) is 47.4 Å². The van der Waals surface area contributed by atoms with Gasteiger partial charge in [-0.2, -0.15) is 0 Å². The third-order valence-corrected chi connectivity index (χ3v) is 2.40. The molecule has 14 heavy (non-hydrogen) atoms. The predicted octanol–water partition coefficient (Wildman–Crippen LogP) is 0.724. The van der Waals surface area contributed by atoms with Gasteiger partial charge in [-0.1, -0.05) is 0 Å². The van der Waals surface area contributed by atoms with Crippen LogP contribution in [-0.4, -0.2) is 39.7 Å². The first-order valence-corrected chi connectivity index (χ1v) is 4.70. The quantitative estimate of drug-likeness (QED) is 0.714. The summed E-state index contributed by atoms with van der Waals surface area (Å²) in [5.74, 6) is 0. The maximum absolute atomic E-state index is 11.2. The van der Waals surface area contributed by atoms with Crippen LogP contribution < -0.4 is 0 Å². The molecule has 1 fully saturated rings. The van der Waals surface area contributed by atoms with Crippen LogP contribution in [0.2, 0.25) is 0 Å². The largest absolute Gasteiger partial charge is 0.447 e. The van der Waals surface area contributed by atoms with Gasteiger partial charge in [-0.05, 0) is 6.92 Å². The summed E-state index contributed by atoms with van der Waals surface area (Å²) < 4.78 is 6.92. The summed E-state index contributed by atoms with van der Waals surface area (Å²) in [7, 11) is 0. The van der Waals surface area contributed by atoms with Gasteiger partial charge in [-0.15, -0.1) is 0 Å². The minimum absolute atomic E-state index is 0.140. The van der Waals surface area contributed by atoms with Gasteiger partial charge in [0.15, 0.2) is 0 Å². The van der Waals surface area contributed by atoms with Crippen molar-refractivity contribution in [2.75, 3.05) is 13.2 Å². The number of ether oxygens (including phenoxy) is 1. The van der Waals surface area contributed by atoms with Crippen LogP contribution in [-0.2, 0) is 11.3 Å². The molecule has 2 heterocycles. The number of rotatable bonds is 3. The summed E-state index contributed by atoms with van der Waals surface area (Å²) in [6, 6.07) is 0.140. The first kappa shape index (κ1) is 9.05. The molecule has 1 amide bonds. The number of hydrogen-bond acceptors (Lipinski definition) is 3. The lowest BCUT2D eigenvalue weighted by molar-refractivity contribution is 0.159. The Balaban J connectivity index is 2.01. The standard InChI is InChI=1S/C9H13N3O2/c1-2-12-8(6-14-9(12)13)5-11-4-3-10-7-11/h3-4,7-8H,2,5-6H2,1H3/t8-/m0/s1. The highest BCUT2D eigenvalue weighted by atomic mass is 16.6. The van der Waals surface area contributed by atoms with E-state index < -0.39 is 0 Å². The summed E-state index contributed by atoms with van der Waals surface area (Å²) in [5.41, 5.74) is 0. The number of carbonyl (C=O) groups excluding carboxylic acids is 1. The number of amides is 1. The zero-order valence-electron chi connectivity index (χ0n) is 8.09. The van der Waals surface area contributed by atoms with Crippen LogP contribution in [0, 0.1) is 0 Å². The monoisotopic (exact) mass is 195 g/mol. The average molecular weight is 195 g/mol. The number of nitrogens with zero attached hydrogens (tertiary/aromatic N) is 3. The SMILES string of the molecule is CCN1C(=O)OC[C@@H]1Cn1ccnc1. The van der Waals surface area contributed by atoms with Gasteiger partial charge in [0.2, 0.25) is 0 Å². The molecule has 76 valence electrons. The molecule has 0 aromatic carbocycles. The van der Waals surface area contributed by atoms with Crippen LogP contribution in [0.15, 0.2) is 18.7 Å². The van der Waals surface area contributed by atoms with E-state index in [-0.39, 0.29) is 12.1 Å². The molecule has 0 spiro atoms. The molecule has 0 saturated carbocycles. The molecule has 1 aliphatic heterocycles. The lowest BCUT2D eigenvalue weighted by Crippen LogP contribution is -2.36. The minimum Gasteiger partial charge on any atom is -0.447 e. The molecule has 2 rings (SSSR count). The number of likely N-dealkylation sites (N-methyl/N-ethyl adjacent to an activating group) is 1. The molecule has 0 radical (unpaired) electrons. The molecular formula is C9H13N3O2. The molecule has 0 aliphatic carbocycles. The van der Waals surface area contributed by atoms with Gasteiger partial charge in [0, 0.05) is 25.5 Å². The van der Waals surface area contributed by atoms with E-state index >= 15 is 0 Å². The Hall–Kier alpha value is -1.52. The number of cyclic esters (lactones) is 1. The van der Waals surface area contributed by atoms with Crippen molar-refractivity contribution >= 4 is 6.09 Å². The summed E-state index contributed by atoms with van der Waals surface area (Å²) >= 11 is 0. The van der Waals surface area contributed by atoms with Crippen molar-refractivity contribution in [2.24, 2.45) is 0 Å². The molecule has 1 saturated heterocycles. The second-order valence-corrected chi connectivity index (χ2v) is 3.28. The maximum Gasteiger partial charge on any atom is 0.410 e. The third-order valence-electron chi connectivity index (χ3n) is 2.40. The highest BCUT2D eigenvalue weighted by molar-refractivity contribution is 5.69. The highest BCUT2D eigenvalue weighted by Crippen LogP contribution is 2.13. The Morgan fingerprint density at radius 3 is 3.21 bits per heavy atom. The first-order valence-electron chi connectivity index (χ1n) is 4.70. The van der Waals surface area contributed by atoms with Crippen molar-refractivity contribution in [3.63, 3.8) is 0 Å². The van der Waals surface area contributed by atoms with Crippen LogP contribution in [0.1, 0.15) is 6.92 Å². The summed E-state index contributed by atoms with van der Waals surface area (Å²) in [6.07, 6.45) is 5.15. The number of aromatic nitrogens is 2. The molecular weight excluding hydrogens is 182 g/mol. The highest BCUT2D eigenvalue weighted by Gasteiger charge is 2.31. The van der Waals surface area contributed by atoms with Crippen molar-refractivity contribution in [1.29, 1.82) is 0 Å². The predicted molar refractivity (Wildman–Crippen MR) is 49.7 cm³/mol. The average Bonchev–Trinajstić information content (AvgIpc) is 2.77. The molecule has 0 bridgehead atoms. The molecule has 1 aromatic rings. The molecule has 0 N–H and O–H groups in total. The fourth-order valence-electron chi connectivity index (χ4n) is 1.67. The molecule has 1 aliphatic rings. The van der Waals surface area contributed by atoms with E-state index in [9.17, 15) is 4.79 Å². The molecule has 0 unspecified atom stereocenters. The van der Waals surface area contributed by atoms with Crippen molar-refractivity contribution in [2.45, 2.75) is 19.5 Å². The van der Waals surface area contributed by atoms with Gasteiger partial charge in [-0.25, -0.2) is 9.78 Å². The van der Waals surface area contributed by atoms with Gasteiger partial charge >= 0.3 is 6.09 Å². The Morgan fingerprint density at radius 2 is 2.57 bits per heavy atom. The fourth-order valence-corrected chi connectivity index (χ4v) is 1.67. The maximum atomic E-state index is 11.2. The van der Waals surface area contributed by atoms with Crippen molar-refractivity contribution < 1.29 is 9.53 Å². The minimum atomic E-state index is -0.211. The van der Waals surface area contributed by atoms with Gasteiger partial charge < -0.3 is 14.2 Å². The number of carbonyl (C=O) groups is 1. The van der Waals surface area contributed by atoms with E-state index in [0.717, 1.165) is 6.54 Å². The molecule has 5 heteroatoms. The normalized spacial score (nSPS) is 21.4. The number of imidazole rings is 1. The molecule has 1 atom stereocenters. The molecule has 1 aromatic heterocycles. The Bertz CT molecular complexity index is 310. The van der Waals surface area contributed by atoms with Crippen LogP contribution in [0.25, 0.3) is 0 Å².